The number of aliphatic imine (C=N–C) groups is 1. The first kappa shape index (κ1) is 15.0. The van der Waals surface area contributed by atoms with Crippen molar-refractivity contribution >= 4 is 22.0 Å². The third kappa shape index (κ3) is 3.02. The predicted octanol–water partition coefficient (Wildman–Crippen LogP) is 4.51. The summed E-state index contributed by atoms with van der Waals surface area (Å²) in [7, 11) is 0. The van der Waals surface area contributed by atoms with Crippen molar-refractivity contribution in [3.63, 3.8) is 0 Å². The minimum absolute atomic E-state index is 0.441. The Morgan fingerprint density at radius 2 is 2.20 bits per heavy atom. The Balaban J connectivity index is 2.38. The Kier molecular flexibility index (Phi) is 4.79. The van der Waals surface area contributed by atoms with Gasteiger partial charge < -0.3 is 4.74 Å². The molecule has 0 saturated heterocycles. The molecule has 1 saturated carbocycles. The molecule has 20 heavy (non-hydrogen) atoms. The maximum absolute atomic E-state index is 10.8. The molecule has 2 rings (SSSR count). The standard InChI is InChI=1S/C16H18BrNO2/c1-12(2)10-20-14-7-5-6-13(15(14)17)16(18-11-19)8-3-4-9-16/h5-7H,1,3-4,8-10H2,2H3. The molecule has 0 N–H and O–H groups in total. The third-order valence-corrected chi connectivity index (χ3v) is 4.45. The van der Waals surface area contributed by atoms with Gasteiger partial charge in [0.15, 0.2) is 0 Å². The van der Waals surface area contributed by atoms with E-state index in [9.17, 15) is 4.79 Å². The van der Waals surface area contributed by atoms with Crippen LogP contribution in [0.4, 0.5) is 0 Å². The summed E-state index contributed by atoms with van der Waals surface area (Å²) in [5, 5.41) is 0. The molecule has 3 nitrogen and oxygen atoms in total. The van der Waals surface area contributed by atoms with Crippen LogP contribution in [0.5, 0.6) is 5.75 Å². The van der Waals surface area contributed by atoms with Crippen molar-refractivity contribution in [3.05, 3.63) is 40.4 Å². The lowest BCUT2D eigenvalue weighted by Crippen LogP contribution is -2.19. The zero-order valence-electron chi connectivity index (χ0n) is 11.6. The normalized spacial score (nSPS) is 16.5. The first-order valence-corrected chi connectivity index (χ1v) is 7.53. The molecule has 1 aromatic rings. The van der Waals surface area contributed by atoms with Gasteiger partial charge in [-0.15, -0.1) is 0 Å². The smallest absolute Gasteiger partial charge is 0.235 e. The van der Waals surface area contributed by atoms with Crippen molar-refractivity contribution in [2.45, 2.75) is 38.1 Å². The van der Waals surface area contributed by atoms with Crippen molar-refractivity contribution in [1.29, 1.82) is 0 Å². The monoisotopic (exact) mass is 335 g/mol. The number of rotatable bonds is 5. The summed E-state index contributed by atoms with van der Waals surface area (Å²) in [5.74, 6) is 0.762. The molecule has 0 atom stereocenters. The van der Waals surface area contributed by atoms with E-state index >= 15 is 0 Å². The summed E-state index contributed by atoms with van der Waals surface area (Å²) in [5.41, 5.74) is 1.53. The van der Waals surface area contributed by atoms with Gasteiger partial charge in [-0.1, -0.05) is 31.6 Å². The van der Waals surface area contributed by atoms with E-state index in [0.29, 0.717) is 6.61 Å². The maximum Gasteiger partial charge on any atom is 0.235 e. The van der Waals surface area contributed by atoms with Gasteiger partial charge in [0.2, 0.25) is 6.08 Å². The molecule has 0 unspecified atom stereocenters. The number of ether oxygens (including phenoxy) is 1. The van der Waals surface area contributed by atoms with Gasteiger partial charge in [-0.3, -0.25) is 0 Å². The molecule has 106 valence electrons. The van der Waals surface area contributed by atoms with Crippen LogP contribution < -0.4 is 4.74 Å². The molecule has 0 aromatic heterocycles. The Bertz CT molecular complexity index is 556. The van der Waals surface area contributed by atoms with E-state index in [2.05, 4.69) is 27.5 Å². The zero-order valence-corrected chi connectivity index (χ0v) is 13.2. The molecule has 1 aliphatic carbocycles. The second kappa shape index (κ2) is 6.38. The first-order chi connectivity index (χ1) is 9.59. The van der Waals surface area contributed by atoms with E-state index in [1.807, 2.05) is 25.1 Å². The minimum Gasteiger partial charge on any atom is -0.488 e. The highest BCUT2D eigenvalue weighted by Crippen LogP contribution is 2.46. The highest BCUT2D eigenvalue weighted by atomic mass is 79.9. The Morgan fingerprint density at radius 3 is 2.80 bits per heavy atom. The maximum atomic E-state index is 10.8. The van der Waals surface area contributed by atoms with Crippen molar-refractivity contribution in [2.24, 2.45) is 4.99 Å². The van der Waals surface area contributed by atoms with Crippen molar-refractivity contribution in [2.75, 3.05) is 6.61 Å². The van der Waals surface area contributed by atoms with Crippen LogP contribution in [0.15, 0.2) is 39.8 Å². The van der Waals surface area contributed by atoms with Gasteiger partial charge in [0, 0.05) is 0 Å². The van der Waals surface area contributed by atoms with E-state index in [4.69, 9.17) is 4.74 Å². The molecule has 4 heteroatoms. The summed E-state index contributed by atoms with van der Waals surface area (Å²) in [6.07, 6.45) is 5.66. The van der Waals surface area contributed by atoms with Gasteiger partial charge in [0.05, 0.1) is 10.0 Å². The number of hydrogen-bond acceptors (Lipinski definition) is 3. The van der Waals surface area contributed by atoms with Crippen molar-refractivity contribution in [1.82, 2.24) is 0 Å². The topological polar surface area (TPSA) is 38.7 Å². The summed E-state index contributed by atoms with van der Waals surface area (Å²) in [4.78, 5) is 14.9. The summed E-state index contributed by atoms with van der Waals surface area (Å²) in [6, 6.07) is 5.85. The summed E-state index contributed by atoms with van der Waals surface area (Å²) >= 11 is 3.60. The van der Waals surface area contributed by atoms with Crippen LogP contribution in [0.3, 0.4) is 0 Å². The molecular weight excluding hydrogens is 318 g/mol. The summed E-state index contributed by atoms with van der Waals surface area (Å²) in [6.45, 7) is 6.23. The zero-order chi connectivity index (χ0) is 14.6. The molecule has 0 heterocycles. The van der Waals surface area contributed by atoms with Gasteiger partial charge in [0.1, 0.15) is 12.4 Å². The molecule has 0 bridgehead atoms. The quantitative estimate of drug-likeness (QED) is 0.451. The summed E-state index contributed by atoms with van der Waals surface area (Å²) < 4.78 is 6.61. The Hall–Kier alpha value is -1.38. The van der Waals surface area contributed by atoms with Gasteiger partial charge in [-0.05, 0) is 52.9 Å². The van der Waals surface area contributed by atoms with Gasteiger partial charge in [-0.25, -0.2) is 4.79 Å². The lowest BCUT2D eigenvalue weighted by molar-refractivity contribution is 0.347. The van der Waals surface area contributed by atoms with Crippen LogP contribution >= 0.6 is 15.9 Å². The SMILES string of the molecule is C=C(C)COc1cccc(C2(N=C=O)CCCC2)c1Br. The number of hydrogen-bond donors (Lipinski definition) is 0. The van der Waals surface area contributed by atoms with E-state index in [1.165, 1.54) is 0 Å². The molecular formula is C16H18BrNO2. The number of halogens is 1. The number of benzene rings is 1. The average Bonchev–Trinajstić information content (AvgIpc) is 2.87. The van der Waals surface area contributed by atoms with Gasteiger partial charge in [-0.2, -0.15) is 4.99 Å². The molecule has 0 amide bonds. The molecule has 1 aliphatic rings. The fourth-order valence-corrected chi connectivity index (χ4v) is 3.42. The lowest BCUT2D eigenvalue weighted by Gasteiger charge is -2.25. The van der Waals surface area contributed by atoms with Crippen LogP contribution in [0, 0.1) is 0 Å². The highest BCUT2D eigenvalue weighted by molar-refractivity contribution is 9.10. The molecule has 0 spiro atoms. The highest BCUT2D eigenvalue weighted by Gasteiger charge is 2.37. The van der Waals surface area contributed by atoms with E-state index in [1.54, 1.807) is 6.08 Å². The molecule has 0 aliphatic heterocycles. The van der Waals surface area contributed by atoms with Crippen molar-refractivity contribution < 1.29 is 9.53 Å². The Morgan fingerprint density at radius 1 is 1.50 bits per heavy atom. The second-order valence-corrected chi connectivity index (χ2v) is 6.10. The number of nitrogens with zero attached hydrogens (tertiary/aromatic N) is 1. The van der Waals surface area contributed by atoms with Crippen LogP contribution in [-0.2, 0) is 10.3 Å². The van der Waals surface area contributed by atoms with E-state index in [0.717, 1.165) is 47.0 Å². The number of isocyanates is 1. The average molecular weight is 336 g/mol. The lowest BCUT2D eigenvalue weighted by atomic mass is 9.89. The van der Waals surface area contributed by atoms with E-state index in [-0.39, 0.29) is 0 Å². The first-order valence-electron chi connectivity index (χ1n) is 6.74. The van der Waals surface area contributed by atoms with Crippen LogP contribution in [0.1, 0.15) is 38.2 Å². The Labute approximate surface area is 127 Å². The molecule has 1 fully saturated rings. The molecule has 1 aromatic carbocycles. The second-order valence-electron chi connectivity index (χ2n) is 5.31. The fraction of sp³-hybridized carbons (Fsp3) is 0.438. The van der Waals surface area contributed by atoms with E-state index < -0.39 is 5.54 Å². The predicted molar refractivity (Wildman–Crippen MR) is 82.7 cm³/mol. The minimum atomic E-state index is -0.441. The van der Waals surface area contributed by atoms with Crippen LogP contribution in [0.25, 0.3) is 0 Å². The largest absolute Gasteiger partial charge is 0.488 e. The fourth-order valence-electron chi connectivity index (χ4n) is 2.67. The van der Waals surface area contributed by atoms with Gasteiger partial charge >= 0.3 is 0 Å². The number of carbonyl (C=O) groups excluding carboxylic acids is 1. The molecule has 0 radical (unpaired) electrons. The van der Waals surface area contributed by atoms with Crippen molar-refractivity contribution in [3.8, 4) is 5.75 Å². The van der Waals surface area contributed by atoms with Crippen LogP contribution in [0.2, 0.25) is 0 Å². The third-order valence-electron chi connectivity index (χ3n) is 3.63. The van der Waals surface area contributed by atoms with Crippen LogP contribution in [-0.4, -0.2) is 12.7 Å². The van der Waals surface area contributed by atoms with Gasteiger partial charge in [0.25, 0.3) is 0 Å².